The summed E-state index contributed by atoms with van der Waals surface area (Å²) >= 11 is 11.6. The monoisotopic (exact) mass is 428 g/mol. The van der Waals surface area contributed by atoms with E-state index in [4.69, 9.17) is 23.2 Å². The quantitative estimate of drug-likeness (QED) is 0.731. The van der Waals surface area contributed by atoms with Crippen molar-refractivity contribution < 1.29 is 23.2 Å². The summed E-state index contributed by atoms with van der Waals surface area (Å²) in [7, 11) is 0. The molecule has 0 radical (unpaired) electrons. The molecule has 2 N–H and O–H groups in total. The van der Waals surface area contributed by atoms with Crippen molar-refractivity contribution in [3.05, 3.63) is 57.7 Å². The van der Waals surface area contributed by atoms with E-state index in [1.165, 1.54) is 19.2 Å². The zero-order chi connectivity index (χ0) is 20.6. The summed E-state index contributed by atoms with van der Waals surface area (Å²) in [5.41, 5.74) is -2.21. The van der Waals surface area contributed by atoms with Crippen LogP contribution in [0.4, 0.5) is 19.4 Å². The molecule has 28 heavy (non-hydrogen) atoms. The van der Waals surface area contributed by atoms with Crippen molar-refractivity contribution in [3.8, 4) is 0 Å². The first-order valence-corrected chi connectivity index (χ1v) is 8.58. The maximum atomic E-state index is 14.1. The first kappa shape index (κ1) is 20.0. The van der Waals surface area contributed by atoms with E-state index < -0.39 is 41.6 Å². The summed E-state index contributed by atoms with van der Waals surface area (Å²) in [5, 5.41) is 4.95. The molecule has 1 unspecified atom stereocenters. The van der Waals surface area contributed by atoms with Crippen molar-refractivity contribution >= 4 is 46.9 Å². The average Bonchev–Trinajstić information content (AvgIpc) is 2.83. The normalized spacial score (nSPS) is 19.0. The van der Waals surface area contributed by atoms with Crippen molar-refractivity contribution in [2.45, 2.75) is 12.5 Å². The van der Waals surface area contributed by atoms with Gasteiger partial charge >= 0.3 is 6.03 Å². The van der Waals surface area contributed by atoms with Crippen molar-refractivity contribution in [3.63, 3.8) is 0 Å². The van der Waals surface area contributed by atoms with Crippen LogP contribution in [0.3, 0.4) is 0 Å². The number of halogens is 4. The second-order valence-electron chi connectivity index (χ2n) is 6.10. The molecule has 1 saturated heterocycles. The fraction of sp³-hybridized carbons (Fsp3) is 0.176. The van der Waals surface area contributed by atoms with Gasteiger partial charge in [0, 0.05) is 11.8 Å². The van der Waals surface area contributed by atoms with Gasteiger partial charge < -0.3 is 10.6 Å². The first-order chi connectivity index (χ1) is 13.1. The van der Waals surface area contributed by atoms with Gasteiger partial charge in [0.2, 0.25) is 5.91 Å². The molecule has 7 nitrogen and oxygen atoms in total. The summed E-state index contributed by atoms with van der Waals surface area (Å²) in [6, 6.07) is 2.97. The predicted octanol–water partition coefficient (Wildman–Crippen LogP) is 3.07. The third kappa shape index (κ3) is 3.63. The van der Waals surface area contributed by atoms with E-state index in [9.17, 15) is 23.2 Å². The molecule has 2 heterocycles. The number of aromatic nitrogens is 1. The molecule has 1 aromatic heterocycles. The van der Waals surface area contributed by atoms with Crippen LogP contribution in [-0.2, 0) is 15.1 Å². The summed E-state index contributed by atoms with van der Waals surface area (Å²) in [5.74, 6) is -3.35. The van der Waals surface area contributed by atoms with E-state index in [0.717, 1.165) is 18.2 Å². The zero-order valence-electron chi connectivity index (χ0n) is 14.2. The third-order valence-corrected chi connectivity index (χ3v) is 4.60. The van der Waals surface area contributed by atoms with Crippen LogP contribution in [-0.4, -0.2) is 34.3 Å². The fourth-order valence-electron chi connectivity index (χ4n) is 2.73. The van der Waals surface area contributed by atoms with Gasteiger partial charge in [-0.3, -0.25) is 14.5 Å². The molecule has 0 spiro atoms. The second kappa shape index (κ2) is 7.33. The Labute approximate surface area is 167 Å². The molecular formula is C17H12Cl2F2N4O3. The predicted molar refractivity (Wildman–Crippen MR) is 96.8 cm³/mol. The topological polar surface area (TPSA) is 91.4 Å². The van der Waals surface area contributed by atoms with Crippen LogP contribution in [0, 0.1) is 11.6 Å². The number of nitrogens with zero attached hydrogens (tertiary/aromatic N) is 2. The van der Waals surface area contributed by atoms with Gasteiger partial charge in [0.25, 0.3) is 5.91 Å². The maximum Gasteiger partial charge on any atom is 0.325 e. The minimum atomic E-state index is -1.86. The maximum absolute atomic E-state index is 14.1. The van der Waals surface area contributed by atoms with E-state index in [1.54, 1.807) is 0 Å². The molecule has 1 aliphatic rings. The number of rotatable bonds is 4. The molecule has 2 aromatic rings. The Hall–Kier alpha value is -2.78. The number of carbonyl (C=O) groups excluding carboxylic acids is 3. The molecule has 4 amide bonds. The fourth-order valence-corrected chi connectivity index (χ4v) is 3.15. The molecule has 1 aromatic carbocycles. The van der Waals surface area contributed by atoms with E-state index in [2.05, 4.69) is 15.6 Å². The average molecular weight is 429 g/mol. The molecule has 11 heteroatoms. The lowest BCUT2D eigenvalue weighted by Crippen LogP contribution is -2.42. The van der Waals surface area contributed by atoms with Crippen molar-refractivity contribution in [1.82, 2.24) is 15.2 Å². The van der Waals surface area contributed by atoms with E-state index in [1.807, 2.05) is 0 Å². The van der Waals surface area contributed by atoms with Gasteiger partial charge in [0.05, 0.1) is 10.0 Å². The SMILES string of the molecule is CC1(c2cc(F)ccc2F)NC(=O)N(CC(=O)Nc2ncc(Cl)cc2Cl)C1=O. The number of imide groups is 1. The molecule has 1 aliphatic heterocycles. The lowest BCUT2D eigenvalue weighted by molar-refractivity contribution is -0.133. The van der Waals surface area contributed by atoms with Gasteiger partial charge in [-0.15, -0.1) is 0 Å². The molecule has 1 fully saturated rings. The number of urea groups is 1. The number of carbonyl (C=O) groups is 3. The molecule has 0 saturated carbocycles. The van der Waals surface area contributed by atoms with Crippen LogP contribution in [0.15, 0.2) is 30.5 Å². The molecule has 146 valence electrons. The number of nitrogens with one attached hydrogen (secondary N) is 2. The Balaban J connectivity index is 1.80. The Bertz CT molecular complexity index is 1000. The summed E-state index contributed by atoms with van der Waals surface area (Å²) < 4.78 is 27.6. The van der Waals surface area contributed by atoms with Gasteiger partial charge in [-0.2, -0.15) is 0 Å². The smallest absolute Gasteiger partial charge is 0.319 e. The number of anilines is 1. The Kier molecular flexibility index (Phi) is 5.22. The molecular weight excluding hydrogens is 417 g/mol. The Morgan fingerprint density at radius 2 is 2.00 bits per heavy atom. The van der Waals surface area contributed by atoms with E-state index in [-0.39, 0.29) is 21.4 Å². The molecule has 0 bridgehead atoms. The number of benzene rings is 1. The molecule has 1 atom stereocenters. The Morgan fingerprint density at radius 3 is 2.68 bits per heavy atom. The first-order valence-electron chi connectivity index (χ1n) is 7.82. The number of amides is 4. The highest BCUT2D eigenvalue weighted by molar-refractivity contribution is 6.36. The number of hydrogen-bond acceptors (Lipinski definition) is 4. The standard InChI is InChI=1S/C17H12Cl2F2N4O3/c1-17(10-5-9(20)2-3-12(10)21)15(27)25(16(28)24-17)7-13(26)23-14-11(19)4-8(18)6-22-14/h2-6H,7H2,1H3,(H,24,28)(H,22,23,26). The van der Waals surface area contributed by atoms with Crippen LogP contribution in [0.5, 0.6) is 0 Å². The summed E-state index contributed by atoms with van der Waals surface area (Å²) in [4.78, 5) is 41.6. The highest BCUT2D eigenvalue weighted by Crippen LogP contribution is 2.31. The summed E-state index contributed by atoms with van der Waals surface area (Å²) in [6.07, 6.45) is 1.25. The number of hydrogen-bond donors (Lipinski definition) is 2. The van der Waals surface area contributed by atoms with E-state index in [0.29, 0.717) is 4.90 Å². The Morgan fingerprint density at radius 1 is 1.29 bits per heavy atom. The summed E-state index contributed by atoms with van der Waals surface area (Å²) in [6.45, 7) is 0.540. The van der Waals surface area contributed by atoms with Crippen molar-refractivity contribution in [1.29, 1.82) is 0 Å². The van der Waals surface area contributed by atoms with Crippen LogP contribution < -0.4 is 10.6 Å². The van der Waals surface area contributed by atoms with Crippen LogP contribution in [0.2, 0.25) is 10.0 Å². The van der Waals surface area contributed by atoms with Crippen LogP contribution in [0.25, 0.3) is 0 Å². The van der Waals surface area contributed by atoms with Gasteiger partial charge in [0.15, 0.2) is 5.82 Å². The largest absolute Gasteiger partial charge is 0.325 e. The zero-order valence-corrected chi connectivity index (χ0v) is 15.7. The minimum Gasteiger partial charge on any atom is -0.319 e. The van der Waals surface area contributed by atoms with Gasteiger partial charge in [-0.1, -0.05) is 23.2 Å². The molecule has 0 aliphatic carbocycles. The lowest BCUT2D eigenvalue weighted by atomic mass is 9.91. The van der Waals surface area contributed by atoms with Gasteiger partial charge in [-0.25, -0.2) is 18.6 Å². The second-order valence-corrected chi connectivity index (χ2v) is 6.95. The highest BCUT2D eigenvalue weighted by atomic mass is 35.5. The van der Waals surface area contributed by atoms with E-state index >= 15 is 0 Å². The third-order valence-electron chi connectivity index (χ3n) is 4.11. The highest BCUT2D eigenvalue weighted by Gasteiger charge is 2.50. The minimum absolute atomic E-state index is 0.0120. The van der Waals surface area contributed by atoms with Crippen molar-refractivity contribution in [2.75, 3.05) is 11.9 Å². The van der Waals surface area contributed by atoms with Crippen LogP contribution in [0.1, 0.15) is 12.5 Å². The van der Waals surface area contributed by atoms with Crippen LogP contribution >= 0.6 is 23.2 Å². The molecule has 3 rings (SSSR count). The van der Waals surface area contributed by atoms with Crippen molar-refractivity contribution in [2.24, 2.45) is 0 Å². The number of pyridine rings is 1. The van der Waals surface area contributed by atoms with Gasteiger partial charge in [0.1, 0.15) is 23.7 Å². The lowest BCUT2D eigenvalue weighted by Gasteiger charge is -2.22. The van der Waals surface area contributed by atoms with Gasteiger partial charge in [-0.05, 0) is 31.2 Å².